The molecule has 1 saturated carbocycles. The Labute approximate surface area is 149 Å². The van der Waals surface area contributed by atoms with Crippen LogP contribution in [0, 0.1) is 5.41 Å². The van der Waals surface area contributed by atoms with Gasteiger partial charge in [-0.2, -0.15) is 0 Å². The van der Waals surface area contributed by atoms with Gasteiger partial charge < -0.3 is 4.40 Å². The summed E-state index contributed by atoms with van der Waals surface area (Å²) in [5, 5.41) is 2.48. The van der Waals surface area contributed by atoms with Crippen LogP contribution in [-0.4, -0.2) is 4.40 Å². The Bertz CT molecular complexity index is 1090. The summed E-state index contributed by atoms with van der Waals surface area (Å²) in [6.07, 6.45) is 4.45. The van der Waals surface area contributed by atoms with E-state index in [1.807, 2.05) is 6.20 Å². The van der Waals surface area contributed by atoms with E-state index in [9.17, 15) is 4.79 Å². The van der Waals surface area contributed by atoms with Gasteiger partial charge >= 0.3 is 0 Å². The van der Waals surface area contributed by atoms with E-state index in [0.717, 1.165) is 9.99 Å². The second kappa shape index (κ2) is 4.32. The van der Waals surface area contributed by atoms with Crippen molar-refractivity contribution < 1.29 is 0 Å². The maximum Gasteiger partial charge on any atom is 0.182 e. The van der Waals surface area contributed by atoms with Gasteiger partial charge in [0.1, 0.15) is 0 Å². The Balaban J connectivity index is 2.12. The number of pyridine rings is 2. The second-order valence-corrected chi connectivity index (χ2v) is 9.04. The van der Waals surface area contributed by atoms with Crippen LogP contribution in [-0.2, 0) is 5.41 Å². The van der Waals surface area contributed by atoms with E-state index in [-0.39, 0.29) is 16.3 Å². The number of halogens is 1. The van der Waals surface area contributed by atoms with Gasteiger partial charge in [-0.1, -0.05) is 48.8 Å². The lowest BCUT2D eigenvalue weighted by Crippen LogP contribution is -2.33. The SMILES string of the molecule is CC12CCC(c3c1n1ccc(=O)cc1c1cccc(Br)c31)C2(C)C. The summed E-state index contributed by atoms with van der Waals surface area (Å²) in [6.45, 7) is 7.25. The van der Waals surface area contributed by atoms with Crippen molar-refractivity contribution in [2.24, 2.45) is 5.41 Å². The summed E-state index contributed by atoms with van der Waals surface area (Å²) in [4.78, 5) is 12.1. The van der Waals surface area contributed by atoms with Crippen molar-refractivity contribution in [1.82, 2.24) is 4.40 Å². The van der Waals surface area contributed by atoms with Crippen LogP contribution in [0.1, 0.15) is 50.8 Å². The van der Waals surface area contributed by atoms with Gasteiger partial charge in [0.25, 0.3) is 0 Å². The normalized spacial score (nSPS) is 27.1. The molecule has 3 heteroatoms. The lowest BCUT2D eigenvalue weighted by atomic mass is 9.70. The molecule has 1 aromatic carbocycles. The molecule has 122 valence electrons. The highest BCUT2D eigenvalue weighted by molar-refractivity contribution is 9.10. The zero-order chi connectivity index (χ0) is 16.9. The molecule has 24 heavy (non-hydrogen) atoms. The third-order valence-corrected chi connectivity index (χ3v) is 7.74. The van der Waals surface area contributed by atoms with Crippen molar-refractivity contribution in [3.63, 3.8) is 0 Å². The van der Waals surface area contributed by atoms with Gasteiger partial charge in [0, 0.05) is 44.7 Å². The molecule has 2 bridgehead atoms. The average Bonchev–Trinajstić information content (AvgIpc) is 2.86. The number of fused-ring (bicyclic) bond motifs is 10. The summed E-state index contributed by atoms with van der Waals surface area (Å²) in [7, 11) is 0. The highest BCUT2D eigenvalue weighted by Crippen LogP contribution is 2.69. The molecule has 0 radical (unpaired) electrons. The molecule has 2 atom stereocenters. The van der Waals surface area contributed by atoms with E-state index in [0.29, 0.717) is 5.92 Å². The molecule has 0 saturated heterocycles. The van der Waals surface area contributed by atoms with Crippen LogP contribution >= 0.6 is 15.9 Å². The fourth-order valence-electron chi connectivity index (χ4n) is 5.47. The molecule has 3 aromatic rings. The molecule has 2 unspecified atom stereocenters. The monoisotopic (exact) mass is 381 g/mol. The van der Waals surface area contributed by atoms with E-state index in [4.69, 9.17) is 0 Å². The minimum Gasteiger partial charge on any atom is -0.319 e. The van der Waals surface area contributed by atoms with Crippen molar-refractivity contribution in [3.8, 4) is 0 Å². The molecule has 2 aromatic heterocycles. The number of rotatable bonds is 0. The Hall–Kier alpha value is -1.61. The van der Waals surface area contributed by atoms with Crippen molar-refractivity contribution in [1.29, 1.82) is 0 Å². The zero-order valence-corrected chi connectivity index (χ0v) is 15.8. The largest absolute Gasteiger partial charge is 0.319 e. The predicted molar refractivity (Wildman–Crippen MR) is 102 cm³/mol. The number of nitrogens with zero attached hydrogens (tertiary/aromatic N) is 1. The molecular weight excluding hydrogens is 362 g/mol. The van der Waals surface area contributed by atoms with Crippen LogP contribution in [0.25, 0.3) is 16.3 Å². The third-order valence-electron chi connectivity index (χ3n) is 7.08. The first kappa shape index (κ1) is 14.7. The minimum atomic E-state index is 0.0730. The lowest BCUT2D eigenvalue weighted by Gasteiger charge is -2.35. The van der Waals surface area contributed by atoms with E-state index in [1.54, 1.807) is 12.1 Å². The molecule has 5 rings (SSSR count). The van der Waals surface area contributed by atoms with Gasteiger partial charge in [0.05, 0.1) is 5.52 Å². The molecule has 2 heterocycles. The smallest absolute Gasteiger partial charge is 0.182 e. The van der Waals surface area contributed by atoms with Gasteiger partial charge in [0.15, 0.2) is 5.43 Å². The summed E-state index contributed by atoms with van der Waals surface area (Å²) >= 11 is 3.79. The topological polar surface area (TPSA) is 21.5 Å². The van der Waals surface area contributed by atoms with Crippen LogP contribution in [0.15, 0.2) is 45.8 Å². The Morgan fingerprint density at radius 3 is 2.79 bits per heavy atom. The van der Waals surface area contributed by atoms with Crippen molar-refractivity contribution in [2.45, 2.75) is 44.9 Å². The van der Waals surface area contributed by atoms with Crippen LogP contribution < -0.4 is 5.43 Å². The second-order valence-electron chi connectivity index (χ2n) is 8.19. The fraction of sp³-hybridized carbons (Fsp3) is 0.381. The molecule has 0 spiro atoms. The Morgan fingerprint density at radius 2 is 2.00 bits per heavy atom. The Kier molecular flexibility index (Phi) is 2.65. The summed E-state index contributed by atoms with van der Waals surface area (Å²) < 4.78 is 3.44. The summed E-state index contributed by atoms with van der Waals surface area (Å²) in [6, 6.07) is 9.82. The van der Waals surface area contributed by atoms with Crippen LogP contribution in [0.5, 0.6) is 0 Å². The summed E-state index contributed by atoms with van der Waals surface area (Å²) in [5.41, 5.74) is 4.38. The van der Waals surface area contributed by atoms with Crippen LogP contribution in [0.2, 0.25) is 0 Å². The van der Waals surface area contributed by atoms with Gasteiger partial charge in [-0.3, -0.25) is 4.79 Å². The summed E-state index contributed by atoms with van der Waals surface area (Å²) in [5.74, 6) is 0.572. The number of aromatic nitrogens is 1. The molecule has 2 aliphatic rings. The highest BCUT2D eigenvalue weighted by Gasteiger charge is 2.61. The van der Waals surface area contributed by atoms with Crippen LogP contribution in [0.3, 0.4) is 0 Å². The number of hydrogen-bond donors (Lipinski definition) is 0. The lowest BCUT2D eigenvalue weighted by molar-refractivity contribution is 0.226. The molecule has 1 fully saturated rings. The van der Waals surface area contributed by atoms with Crippen molar-refractivity contribution in [3.05, 3.63) is 62.5 Å². The molecule has 2 aliphatic carbocycles. The van der Waals surface area contributed by atoms with Gasteiger partial charge in [-0.05, 0) is 35.8 Å². The van der Waals surface area contributed by atoms with E-state index in [1.165, 1.54) is 34.9 Å². The Morgan fingerprint density at radius 1 is 1.21 bits per heavy atom. The molecule has 0 aliphatic heterocycles. The van der Waals surface area contributed by atoms with Gasteiger partial charge in [-0.25, -0.2) is 0 Å². The highest BCUT2D eigenvalue weighted by atomic mass is 79.9. The first-order valence-corrected chi connectivity index (χ1v) is 9.42. The van der Waals surface area contributed by atoms with E-state index >= 15 is 0 Å². The average molecular weight is 382 g/mol. The molecule has 0 amide bonds. The number of hydrogen-bond acceptors (Lipinski definition) is 1. The predicted octanol–water partition coefficient (Wildman–Crippen LogP) is 5.39. The molecular formula is C21H20BrNO. The quantitative estimate of drug-likeness (QED) is 0.478. The maximum absolute atomic E-state index is 12.1. The maximum atomic E-state index is 12.1. The van der Waals surface area contributed by atoms with Crippen LogP contribution in [0.4, 0.5) is 0 Å². The van der Waals surface area contributed by atoms with Crippen molar-refractivity contribution in [2.75, 3.05) is 0 Å². The molecule has 0 N–H and O–H groups in total. The molecule has 2 nitrogen and oxygen atoms in total. The fourth-order valence-corrected chi connectivity index (χ4v) is 6.05. The van der Waals surface area contributed by atoms with Gasteiger partial charge in [0.2, 0.25) is 0 Å². The number of benzene rings is 1. The third kappa shape index (κ3) is 1.46. The van der Waals surface area contributed by atoms with Crippen molar-refractivity contribution >= 4 is 32.2 Å². The van der Waals surface area contributed by atoms with E-state index < -0.39 is 0 Å². The van der Waals surface area contributed by atoms with E-state index in [2.05, 4.69) is 59.3 Å². The zero-order valence-electron chi connectivity index (χ0n) is 14.2. The first-order valence-electron chi connectivity index (χ1n) is 8.63. The standard InChI is InChI=1S/C21H20BrNO/c1-20(2)14-7-9-21(20,3)19-18(14)17-13(5-4-6-15(17)22)16-11-12(24)8-10-23(16)19/h4-6,8,10-11,14H,7,9H2,1-3H3. The minimum absolute atomic E-state index is 0.0730. The first-order chi connectivity index (χ1) is 11.4. The van der Waals surface area contributed by atoms with Gasteiger partial charge in [-0.15, -0.1) is 0 Å².